The quantitative estimate of drug-likeness (QED) is 0.357. The maximum atomic E-state index is 14.3. The van der Waals surface area contributed by atoms with E-state index in [1.54, 1.807) is 29.2 Å². The Hall–Kier alpha value is -2.46. The van der Waals surface area contributed by atoms with Crippen molar-refractivity contribution in [3.8, 4) is 0 Å². The van der Waals surface area contributed by atoms with Crippen molar-refractivity contribution in [2.45, 2.75) is 49.6 Å². The first kappa shape index (κ1) is 26.2. The van der Waals surface area contributed by atoms with Crippen LogP contribution in [0.15, 0.2) is 41.6 Å². The second-order valence-electron chi connectivity index (χ2n) is 9.71. The molecular weight excluding hydrogens is 545 g/mol. The van der Waals surface area contributed by atoms with Gasteiger partial charge in [0.1, 0.15) is 0 Å². The van der Waals surface area contributed by atoms with Gasteiger partial charge in [-0.15, -0.1) is 0 Å². The van der Waals surface area contributed by atoms with E-state index < -0.39 is 45.5 Å². The minimum Gasteiger partial charge on any atom is -0.374 e. The molecule has 1 aliphatic carbocycles. The highest BCUT2D eigenvalue weighted by atomic mass is 35.5. The molecule has 1 saturated carbocycles. The number of hydrogen-bond acceptors (Lipinski definition) is 3. The molecule has 4 nitrogen and oxygen atoms in total. The van der Waals surface area contributed by atoms with Gasteiger partial charge in [0.25, 0.3) is 5.60 Å². The van der Waals surface area contributed by atoms with Crippen LogP contribution in [0.4, 0.5) is 26.3 Å². The average molecular weight is 565 g/mol. The summed E-state index contributed by atoms with van der Waals surface area (Å²) in [5, 5.41) is 2.04. The van der Waals surface area contributed by atoms with E-state index in [1.807, 2.05) is 0 Å². The third-order valence-corrected chi connectivity index (χ3v) is 7.90. The van der Waals surface area contributed by atoms with Crippen LogP contribution in [0, 0.1) is 5.92 Å². The zero-order valence-electron chi connectivity index (χ0n) is 19.1. The van der Waals surface area contributed by atoms with E-state index in [2.05, 4.69) is 5.16 Å². The number of hydrogen-bond donors (Lipinski definition) is 0. The molecule has 3 aliphatic rings. The fourth-order valence-electron chi connectivity index (χ4n) is 4.63. The maximum Gasteiger partial charge on any atom is 0.435 e. The molecule has 0 aromatic heterocycles. The van der Waals surface area contributed by atoms with Gasteiger partial charge in [-0.2, -0.15) is 26.3 Å². The lowest BCUT2D eigenvalue weighted by Crippen LogP contribution is -2.48. The van der Waals surface area contributed by atoms with Crippen molar-refractivity contribution >= 4 is 34.8 Å². The number of amides is 1. The molecule has 1 unspecified atom stereocenters. The number of benzene rings is 2. The van der Waals surface area contributed by atoms with Crippen LogP contribution in [0.3, 0.4) is 0 Å². The highest BCUT2D eigenvalue weighted by Gasteiger charge is 2.63. The molecule has 198 valence electrons. The molecular formula is C25H20Cl2F6N2O2. The number of alkyl halides is 6. The summed E-state index contributed by atoms with van der Waals surface area (Å²) in [7, 11) is 0. The Kier molecular flexibility index (Phi) is 6.42. The molecule has 2 heterocycles. The van der Waals surface area contributed by atoms with Gasteiger partial charge in [-0.25, -0.2) is 0 Å². The standard InChI is InChI=1S/C25H20Cl2F6N2O2/c26-19-9-17(8-18(22(19)27)24(28,29)30)23(25(31,32)33)10-20(34-37-23)15-5-3-14(4-6-15)16-11-35(12-16)21(36)7-13-1-2-13/h3-6,8-9,13,16H,1-2,7,10-12H2. The number of halogens is 8. The summed E-state index contributed by atoms with van der Waals surface area (Å²) in [6, 6.07) is 7.71. The Balaban J connectivity index is 1.34. The zero-order valence-corrected chi connectivity index (χ0v) is 20.6. The summed E-state index contributed by atoms with van der Waals surface area (Å²) < 4.78 is 83.0. The molecule has 0 spiro atoms. The van der Waals surface area contributed by atoms with Crippen LogP contribution in [-0.4, -0.2) is 35.8 Å². The summed E-state index contributed by atoms with van der Waals surface area (Å²) in [6.07, 6.45) is -8.21. The molecule has 2 aromatic rings. The minimum atomic E-state index is -5.11. The third-order valence-electron chi connectivity index (χ3n) is 7.10. The van der Waals surface area contributed by atoms with E-state index in [9.17, 15) is 31.1 Å². The predicted octanol–water partition coefficient (Wildman–Crippen LogP) is 7.32. The molecule has 2 aliphatic heterocycles. The lowest BCUT2D eigenvalue weighted by molar-refractivity contribution is -0.276. The van der Waals surface area contributed by atoms with Gasteiger partial charge < -0.3 is 9.74 Å². The van der Waals surface area contributed by atoms with Crippen molar-refractivity contribution in [2.24, 2.45) is 11.1 Å². The molecule has 1 atom stereocenters. The van der Waals surface area contributed by atoms with Crippen LogP contribution in [0.2, 0.25) is 10.0 Å². The minimum absolute atomic E-state index is 0.0710. The van der Waals surface area contributed by atoms with E-state index in [1.165, 1.54) is 0 Å². The Labute approximate surface area is 218 Å². The number of nitrogens with zero attached hydrogens (tertiary/aromatic N) is 2. The summed E-state index contributed by atoms with van der Waals surface area (Å²) in [4.78, 5) is 18.8. The van der Waals surface area contributed by atoms with Gasteiger partial charge in [-0.3, -0.25) is 4.79 Å². The molecule has 2 aromatic carbocycles. The van der Waals surface area contributed by atoms with Crippen molar-refractivity contribution in [3.05, 3.63) is 68.7 Å². The molecule has 37 heavy (non-hydrogen) atoms. The maximum absolute atomic E-state index is 14.3. The van der Waals surface area contributed by atoms with Crippen molar-refractivity contribution in [1.29, 1.82) is 0 Å². The van der Waals surface area contributed by atoms with Crippen LogP contribution in [0.1, 0.15) is 53.9 Å². The van der Waals surface area contributed by atoms with Gasteiger partial charge in [0.05, 0.1) is 21.3 Å². The summed E-state index contributed by atoms with van der Waals surface area (Å²) in [5.74, 6) is 0.783. The highest BCUT2D eigenvalue weighted by molar-refractivity contribution is 6.42. The van der Waals surface area contributed by atoms with E-state index in [0.717, 1.165) is 24.5 Å². The molecule has 2 fully saturated rings. The average Bonchev–Trinajstić information content (AvgIpc) is 3.46. The van der Waals surface area contributed by atoms with Crippen molar-refractivity contribution in [1.82, 2.24) is 4.90 Å². The summed E-state index contributed by atoms with van der Waals surface area (Å²) in [5.41, 5.74) is -4.30. The van der Waals surface area contributed by atoms with Gasteiger partial charge in [0.15, 0.2) is 0 Å². The van der Waals surface area contributed by atoms with Crippen molar-refractivity contribution < 1.29 is 36.0 Å². The van der Waals surface area contributed by atoms with Crippen molar-refractivity contribution in [3.63, 3.8) is 0 Å². The molecule has 0 bridgehead atoms. The van der Waals surface area contributed by atoms with E-state index in [-0.39, 0.29) is 17.5 Å². The summed E-state index contributed by atoms with van der Waals surface area (Å²) in [6.45, 7) is 1.18. The first-order chi connectivity index (χ1) is 17.3. The largest absolute Gasteiger partial charge is 0.435 e. The van der Waals surface area contributed by atoms with Crippen LogP contribution in [0.5, 0.6) is 0 Å². The normalized spacial score (nSPS) is 22.5. The topological polar surface area (TPSA) is 41.9 Å². The van der Waals surface area contributed by atoms with Crippen molar-refractivity contribution in [2.75, 3.05) is 13.1 Å². The Morgan fingerprint density at radius 1 is 1.05 bits per heavy atom. The van der Waals surface area contributed by atoms with E-state index >= 15 is 0 Å². The molecule has 1 saturated heterocycles. The number of oxime groups is 1. The zero-order chi connectivity index (χ0) is 26.8. The van der Waals surface area contributed by atoms with Gasteiger partial charge in [0, 0.05) is 37.4 Å². The van der Waals surface area contributed by atoms with Gasteiger partial charge in [-0.1, -0.05) is 52.6 Å². The monoisotopic (exact) mass is 564 g/mol. The second-order valence-corrected chi connectivity index (χ2v) is 10.5. The van der Waals surface area contributed by atoms with E-state index in [0.29, 0.717) is 37.1 Å². The molecule has 1 amide bonds. The van der Waals surface area contributed by atoms with Crippen LogP contribution in [0.25, 0.3) is 0 Å². The first-order valence-corrected chi connectivity index (χ1v) is 12.3. The fourth-order valence-corrected chi connectivity index (χ4v) is 5.06. The Bertz CT molecular complexity index is 1250. The Morgan fingerprint density at radius 3 is 2.27 bits per heavy atom. The fraction of sp³-hybridized carbons (Fsp3) is 0.440. The van der Waals surface area contributed by atoms with E-state index in [4.69, 9.17) is 28.0 Å². The third kappa shape index (κ3) is 4.90. The predicted molar refractivity (Wildman–Crippen MR) is 125 cm³/mol. The van der Waals surface area contributed by atoms with Gasteiger partial charge in [-0.05, 0) is 42.0 Å². The smallest absolute Gasteiger partial charge is 0.374 e. The SMILES string of the molecule is O=C(CC1CC1)N1CC(c2ccc(C3=NOC(c4cc(Cl)c(Cl)c(C(F)(F)F)c4)(C(F)(F)F)C3)cc2)C1. The number of likely N-dealkylation sites (tertiary alicyclic amines) is 1. The van der Waals surface area contributed by atoms with Crippen LogP contribution >= 0.6 is 23.2 Å². The summed E-state index contributed by atoms with van der Waals surface area (Å²) >= 11 is 11.4. The molecule has 0 N–H and O–H groups in total. The molecule has 5 rings (SSSR count). The highest BCUT2D eigenvalue weighted by Crippen LogP contribution is 2.51. The number of carbonyl (C=O) groups is 1. The first-order valence-electron chi connectivity index (χ1n) is 11.5. The van der Waals surface area contributed by atoms with Crippen LogP contribution < -0.4 is 0 Å². The number of rotatable bonds is 5. The van der Waals surface area contributed by atoms with Gasteiger partial charge >= 0.3 is 12.4 Å². The molecule has 12 heteroatoms. The van der Waals surface area contributed by atoms with Crippen LogP contribution in [-0.2, 0) is 21.4 Å². The lowest BCUT2D eigenvalue weighted by atomic mass is 9.85. The number of carbonyl (C=O) groups excluding carboxylic acids is 1. The molecule has 0 radical (unpaired) electrons. The second kappa shape index (κ2) is 9.08. The Morgan fingerprint density at radius 2 is 1.70 bits per heavy atom. The van der Waals surface area contributed by atoms with Gasteiger partial charge in [0.2, 0.25) is 5.91 Å². The lowest BCUT2D eigenvalue weighted by Gasteiger charge is -2.39.